The Kier molecular flexibility index (Phi) is 6.45. The summed E-state index contributed by atoms with van der Waals surface area (Å²) < 4.78 is 4.97. The topological polar surface area (TPSA) is 123 Å². The van der Waals surface area contributed by atoms with Crippen molar-refractivity contribution in [1.29, 1.82) is 0 Å². The minimum Gasteiger partial charge on any atom is -0.496 e. The van der Waals surface area contributed by atoms with Gasteiger partial charge >= 0.3 is 0 Å². The van der Waals surface area contributed by atoms with E-state index in [0.717, 1.165) is 5.56 Å². The number of amides is 2. The van der Waals surface area contributed by atoms with Gasteiger partial charge in [-0.05, 0) is 17.7 Å². The maximum Gasteiger partial charge on any atom is 0.296 e. The van der Waals surface area contributed by atoms with E-state index < -0.39 is 16.1 Å². The lowest BCUT2D eigenvalue weighted by molar-refractivity contribution is -0.384. The number of nitro benzene ring substituents is 1. The third kappa shape index (κ3) is 5.32. The lowest BCUT2D eigenvalue weighted by Gasteiger charge is -2.09. The summed E-state index contributed by atoms with van der Waals surface area (Å²) in [7, 11) is 1.39. The Bertz CT molecular complexity index is 964. The molecular formula is C19H18N4O5S. The van der Waals surface area contributed by atoms with Crippen molar-refractivity contribution in [2.45, 2.75) is 18.2 Å². The fourth-order valence-electron chi connectivity index (χ4n) is 2.63. The van der Waals surface area contributed by atoms with Gasteiger partial charge < -0.3 is 15.4 Å². The van der Waals surface area contributed by atoms with Crippen molar-refractivity contribution in [1.82, 2.24) is 5.32 Å². The second-order valence-corrected chi connectivity index (χ2v) is 7.29. The van der Waals surface area contributed by atoms with Gasteiger partial charge in [0, 0.05) is 6.42 Å². The summed E-state index contributed by atoms with van der Waals surface area (Å²) in [5.74, 6) is -0.517. The average molecular weight is 414 g/mol. The molecular weight excluding hydrogens is 396 g/mol. The minimum atomic E-state index is -0.651. The Hall–Kier alpha value is -3.40. The SMILES string of the molecule is COc1ccc(NC(=O)C[C@@H]2SC(=NCc3ccccc3)NC2=O)c([N+](=O)[O-])c1. The molecule has 150 valence electrons. The molecule has 1 aliphatic rings. The van der Waals surface area contributed by atoms with Crippen LogP contribution >= 0.6 is 11.8 Å². The predicted octanol–water partition coefficient (Wildman–Crippen LogP) is 2.72. The molecule has 0 unspecified atom stereocenters. The lowest BCUT2D eigenvalue weighted by Crippen LogP contribution is -2.28. The second kappa shape index (κ2) is 9.20. The predicted molar refractivity (Wildman–Crippen MR) is 110 cm³/mol. The van der Waals surface area contributed by atoms with Gasteiger partial charge in [-0.2, -0.15) is 0 Å². The Morgan fingerprint density at radius 1 is 1.31 bits per heavy atom. The normalized spacial score (nSPS) is 17.1. The van der Waals surface area contributed by atoms with Gasteiger partial charge in [-0.3, -0.25) is 24.7 Å². The summed E-state index contributed by atoms with van der Waals surface area (Å²) in [5.41, 5.74) is 0.761. The van der Waals surface area contributed by atoms with Gasteiger partial charge in [-0.25, -0.2) is 0 Å². The number of thioether (sulfide) groups is 1. The summed E-state index contributed by atoms with van der Waals surface area (Å²) in [6.07, 6.45) is -0.135. The van der Waals surface area contributed by atoms with E-state index >= 15 is 0 Å². The fraction of sp³-hybridized carbons (Fsp3) is 0.211. The molecule has 2 amide bonds. The van der Waals surface area contributed by atoms with Crippen molar-refractivity contribution in [3.63, 3.8) is 0 Å². The van der Waals surface area contributed by atoms with E-state index in [9.17, 15) is 19.7 Å². The number of aliphatic imine (C=N–C) groups is 1. The smallest absolute Gasteiger partial charge is 0.296 e. The van der Waals surface area contributed by atoms with Gasteiger partial charge in [-0.15, -0.1) is 0 Å². The average Bonchev–Trinajstić information content (AvgIpc) is 3.06. The Balaban J connectivity index is 1.61. The molecule has 0 saturated carbocycles. The first-order chi connectivity index (χ1) is 14.0. The minimum absolute atomic E-state index is 0.0437. The quantitative estimate of drug-likeness (QED) is 0.530. The van der Waals surface area contributed by atoms with Gasteiger partial charge in [0.1, 0.15) is 16.7 Å². The van der Waals surface area contributed by atoms with Crippen LogP contribution in [0.5, 0.6) is 5.75 Å². The van der Waals surface area contributed by atoms with Crippen LogP contribution < -0.4 is 15.4 Å². The number of nitrogens with one attached hydrogen (secondary N) is 2. The van der Waals surface area contributed by atoms with Crippen LogP contribution in [0.3, 0.4) is 0 Å². The Morgan fingerprint density at radius 2 is 2.07 bits per heavy atom. The molecule has 2 aromatic rings. The Morgan fingerprint density at radius 3 is 2.76 bits per heavy atom. The molecule has 10 heteroatoms. The summed E-state index contributed by atoms with van der Waals surface area (Å²) in [6, 6.07) is 13.7. The number of amidine groups is 1. The molecule has 2 aromatic carbocycles. The van der Waals surface area contributed by atoms with Crippen LogP contribution in [0.4, 0.5) is 11.4 Å². The fourth-order valence-corrected chi connectivity index (χ4v) is 3.59. The third-order valence-electron chi connectivity index (χ3n) is 4.07. The van der Waals surface area contributed by atoms with Crippen molar-refractivity contribution < 1.29 is 19.2 Å². The number of hydrogen-bond donors (Lipinski definition) is 2. The number of methoxy groups -OCH3 is 1. The number of nitro groups is 1. The summed E-state index contributed by atoms with van der Waals surface area (Å²) in [4.78, 5) is 39.4. The highest BCUT2D eigenvalue weighted by Gasteiger charge is 2.32. The largest absolute Gasteiger partial charge is 0.496 e. The molecule has 9 nitrogen and oxygen atoms in total. The van der Waals surface area contributed by atoms with Crippen LogP contribution in [0.1, 0.15) is 12.0 Å². The number of nitrogens with zero attached hydrogens (tertiary/aromatic N) is 2. The zero-order valence-corrected chi connectivity index (χ0v) is 16.3. The second-order valence-electron chi connectivity index (χ2n) is 6.10. The monoisotopic (exact) mass is 414 g/mol. The van der Waals surface area contributed by atoms with E-state index in [-0.39, 0.29) is 23.7 Å². The third-order valence-corrected chi connectivity index (χ3v) is 5.19. The number of rotatable bonds is 7. The van der Waals surface area contributed by atoms with Gasteiger partial charge in [-0.1, -0.05) is 42.1 Å². The van der Waals surface area contributed by atoms with Crippen molar-refractivity contribution >= 4 is 40.1 Å². The molecule has 0 radical (unpaired) electrons. The van der Waals surface area contributed by atoms with Crippen molar-refractivity contribution in [3.8, 4) is 5.75 Å². The van der Waals surface area contributed by atoms with Crippen LogP contribution in [-0.2, 0) is 16.1 Å². The molecule has 1 saturated heterocycles. The van der Waals surface area contributed by atoms with Crippen LogP contribution in [-0.4, -0.2) is 34.3 Å². The first-order valence-corrected chi connectivity index (χ1v) is 9.52. The first-order valence-electron chi connectivity index (χ1n) is 8.64. The van der Waals surface area contributed by atoms with E-state index in [0.29, 0.717) is 17.5 Å². The molecule has 0 aromatic heterocycles. The standard InChI is InChI=1S/C19H18N4O5S/c1-28-13-7-8-14(15(9-13)23(26)27)21-17(24)10-16-18(25)22-19(29-16)20-11-12-5-3-2-4-6-12/h2-9,16H,10-11H2,1H3,(H,21,24)(H,20,22,25)/t16-/m0/s1. The molecule has 1 fully saturated rings. The number of hydrogen-bond acceptors (Lipinski definition) is 7. The molecule has 2 N–H and O–H groups in total. The van der Waals surface area contributed by atoms with Gasteiger partial charge in [0.15, 0.2) is 5.17 Å². The summed E-state index contributed by atoms with van der Waals surface area (Å²) >= 11 is 1.17. The summed E-state index contributed by atoms with van der Waals surface area (Å²) in [6.45, 7) is 0.417. The molecule has 0 aliphatic carbocycles. The molecule has 3 rings (SSSR count). The molecule has 1 heterocycles. The number of carbonyl (C=O) groups excluding carboxylic acids is 2. The number of anilines is 1. The molecule has 1 aliphatic heterocycles. The van der Waals surface area contributed by atoms with Crippen LogP contribution in [0, 0.1) is 10.1 Å². The summed E-state index contributed by atoms with van der Waals surface area (Å²) in [5, 5.41) is 16.2. The van der Waals surface area contributed by atoms with Gasteiger partial charge in [0.2, 0.25) is 11.8 Å². The highest BCUT2D eigenvalue weighted by atomic mass is 32.2. The van der Waals surface area contributed by atoms with Crippen molar-refractivity contribution in [3.05, 3.63) is 64.2 Å². The van der Waals surface area contributed by atoms with Crippen LogP contribution in [0.15, 0.2) is 53.5 Å². The highest BCUT2D eigenvalue weighted by molar-refractivity contribution is 8.15. The van der Waals surface area contributed by atoms with E-state index in [1.54, 1.807) is 0 Å². The van der Waals surface area contributed by atoms with Crippen molar-refractivity contribution in [2.24, 2.45) is 4.99 Å². The number of benzene rings is 2. The maximum atomic E-state index is 12.3. The Labute approximate surface area is 170 Å². The first kappa shape index (κ1) is 20.3. The van der Waals surface area contributed by atoms with Gasteiger partial charge in [0.05, 0.1) is 24.6 Å². The zero-order valence-electron chi connectivity index (χ0n) is 15.5. The number of ether oxygens (including phenoxy) is 1. The van der Waals surface area contributed by atoms with Crippen molar-refractivity contribution in [2.75, 3.05) is 12.4 Å². The zero-order chi connectivity index (χ0) is 20.8. The van der Waals surface area contributed by atoms with Crippen LogP contribution in [0.2, 0.25) is 0 Å². The van der Waals surface area contributed by atoms with E-state index in [1.807, 2.05) is 30.3 Å². The molecule has 0 spiro atoms. The van der Waals surface area contributed by atoms with E-state index in [4.69, 9.17) is 4.74 Å². The van der Waals surface area contributed by atoms with E-state index in [2.05, 4.69) is 15.6 Å². The molecule has 0 bridgehead atoms. The number of carbonyl (C=O) groups is 2. The van der Waals surface area contributed by atoms with Crippen LogP contribution in [0.25, 0.3) is 0 Å². The van der Waals surface area contributed by atoms with E-state index in [1.165, 1.54) is 37.1 Å². The molecule has 29 heavy (non-hydrogen) atoms. The lowest BCUT2D eigenvalue weighted by atomic mass is 10.2. The van der Waals surface area contributed by atoms with Gasteiger partial charge in [0.25, 0.3) is 5.69 Å². The maximum absolute atomic E-state index is 12.3. The molecule has 1 atom stereocenters. The highest BCUT2D eigenvalue weighted by Crippen LogP contribution is 2.30.